The molecule has 38 heteroatoms. The molecule has 2 saturated carbocycles. The van der Waals surface area contributed by atoms with Crippen LogP contribution in [0.15, 0.2) is 85.0 Å². The number of aromatic hydroxyl groups is 1. The minimum Gasteiger partial charge on any atom is -0.747 e. The van der Waals surface area contributed by atoms with Gasteiger partial charge in [-0.25, -0.2) is 8.42 Å². The fraction of sp³-hybridized carbons (Fsp3) is 0.373. The summed E-state index contributed by atoms with van der Waals surface area (Å²) in [6.45, 7) is 2.12. The number of amides is 10. The molecule has 89 heavy (non-hydrogen) atoms. The zero-order valence-corrected chi connectivity index (χ0v) is 52.1. The Hall–Kier alpha value is -6.95. The van der Waals surface area contributed by atoms with Crippen LogP contribution < -0.4 is 40.2 Å². The van der Waals surface area contributed by atoms with Gasteiger partial charge in [0.1, 0.15) is 29.8 Å². The summed E-state index contributed by atoms with van der Waals surface area (Å²) in [7, 11) is -4.84. The van der Waals surface area contributed by atoms with E-state index in [-0.39, 0.29) is 127 Å². The van der Waals surface area contributed by atoms with Gasteiger partial charge in [0.2, 0.25) is 0 Å². The molecule has 9 atom stereocenters. The second kappa shape index (κ2) is 31.7. The summed E-state index contributed by atoms with van der Waals surface area (Å²) in [5.74, 6) is -5.47. The average molecular weight is 1340 g/mol. The number of fused-ring (bicyclic) bond motifs is 11. The number of thioether (sulfide) groups is 2. The summed E-state index contributed by atoms with van der Waals surface area (Å²) < 4.78 is 32.7. The first-order valence-corrected chi connectivity index (χ1v) is 30.0. The molecule has 14 rings (SSSR count). The molecule has 7 aliphatic heterocycles. The van der Waals surface area contributed by atoms with Crippen molar-refractivity contribution in [2.24, 2.45) is 47.3 Å². The monoisotopic (exact) mass is 1340 g/mol. The molecule has 0 aromatic heterocycles. The molecule has 470 valence electrons. The second-order valence-electron chi connectivity index (χ2n) is 19.7. The van der Waals surface area contributed by atoms with E-state index in [4.69, 9.17) is 60.7 Å². The number of hydrogen-bond donors (Lipinski definition) is 9. The summed E-state index contributed by atoms with van der Waals surface area (Å²) in [4.78, 5) is 139. The van der Waals surface area contributed by atoms with Crippen LogP contribution in [0.3, 0.4) is 0 Å². The maximum atomic E-state index is 11.4. The number of ketones is 2. The fourth-order valence-electron chi connectivity index (χ4n) is 10.1. The third-order valence-electron chi connectivity index (χ3n) is 14.3. The van der Waals surface area contributed by atoms with Crippen molar-refractivity contribution in [2.75, 3.05) is 24.6 Å². The largest absolute Gasteiger partial charge is 1.00 e. The van der Waals surface area contributed by atoms with Gasteiger partial charge >= 0.3 is 29.6 Å². The minimum absolute atomic E-state index is 0. The minimum atomic E-state index is -4.84. The van der Waals surface area contributed by atoms with E-state index >= 15 is 0 Å². The van der Waals surface area contributed by atoms with Crippen LogP contribution in [0.25, 0.3) is 0 Å². The van der Waals surface area contributed by atoms with E-state index in [0.29, 0.717) is 10.1 Å². The Labute approximate surface area is 543 Å². The van der Waals surface area contributed by atoms with Gasteiger partial charge in [-0.05, 0) is 72.9 Å². The number of allylic oxidation sites excluding steroid dienone is 4. The molecule has 8 fully saturated rings. The molecule has 0 radical (unpaired) electrons. The number of aliphatic hydroxyl groups excluding tert-OH is 1. The molecule has 9 N–H and O–H groups in total. The van der Waals surface area contributed by atoms with Crippen LogP contribution in [0.5, 0.6) is 5.75 Å². The normalized spacial score (nSPS) is 26.6. The molecule has 9 unspecified atom stereocenters. The summed E-state index contributed by atoms with van der Waals surface area (Å²) in [6.07, 6.45) is 10.1. The van der Waals surface area contributed by atoms with Crippen LogP contribution >= 0.6 is 48.0 Å². The van der Waals surface area contributed by atoms with Gasteiger partial charge in [0.25, 0.3) is 64.8 Å². The van der Waals surface area contributed by atoms with Gasteiger partial charge in [-0.3, -0.25) is 93.7 Å². The number of nitrogens with zero attached hydrogens (tertiary/aromatic N) is 6. The molecular weight excluding hydrogens is 1290 g/mol. The van der Waals surface area contributed by atoms with Crippen molar-refractivity contribution in [1.29, 1.82) is 0 Å². The van der Waals surface area contributed by atoms with E-state index in [2.05, 4.69) is 10.6 Å². The first kappa shape index (κ1) is 72.8. The van der Waals surface area contributed by atoms with Crippen LogP contribution in [0.2, 0.25) is 0 Å². The number of carbonyl (C=O) groups excluding carboxylic acids is 12. The zero-order valence-electron chi connectivity index (χ0n) is 46.0. The molecule has 5 aliphatic carbocycles. The van der Waals surface area contributed by atoms with Gasteiger partial charge in [-0.15, -0.1) is 5.06 Å². The molecule has 2 aromatic carbocycles. The van der Waals surface area contributed by atoms with Crippen molar-refractivity contribution in [2.45, 2.75) is 43.5 Å². The van der Waals surface area contributed by atoms with Crippen molar-refractivity contribution in [3.8, 4) is 5.75 Å². The van der Waals surface area contributed by atoms with E-state index in [9.17, 15) is 80.6 Å². The van der Waals surface area contributed by atoms with Crippen LogP contribution in [0, 0.1) is 57.5 Å². The quantitative estimate of drug-likeness (QED) is 0.0169. The molecule has 2 aromatic rings. The summed E-state index contributed by atoms with van der Waals surface area (Å²) >= 11 is 13.0. The Kier molecular flexibility index (Phi) is 25.9. The van der Waals surface area contributed by atoms with Gasteiger partial charge in [-0.2, -0.15) is 20.3 Å². The Balaban J connectivity index is 0.000000184. The number of hydroxylamine groups is 10. The number of non-ortho nitro benzene ring substituents is 1. The summed E-state index contributed by atoms with van der Waals surface area (Å²) in [5.41, 5.74) is 0.493. The Bertz CT molecular complexity index is 3210. The van der Waals surface area contributed by atoms with Crippen molar-refractivity contribution >= 4 is 143 Å². The standard InChI is InChI=1S/2C9H9NO3.C8H5NO3.C6H5NO3.C5H4O3.C4H5NO6S.C4H5NO3.2C3H5NS2.Na/c2*11-8-6-4-1-2-5(3-4)7(6)9(12)10(8)13;10-7-5-3-1-2-4-6(5)8(11)9(7)12;8-6-3-1-5(2-4-6)7(9)10;6-3-1-2-4(7)5(3)8;6-3-1-2(12(9,10)11)4(7)5(3)8;6-3-1-2-4(7)5(3)8;2*5-3-4-1-2-6-3;/h2*1-2,4-7,13H,3H2;1-4,12H;1-4,8H;1-2,5,8H;2,8H,1H2,(H,9,10,11);8H,1-2H2;2*1-2H2,(H,4,5);/q;;;;;;;;;+1/p-1. The number of hydrogen-bond acceptors (Lipinski definition) is 28. The van der Waals surface area contributed by atoms with E-state index < -0.39 is 103 Å². The Morgan fingerprint density at radius 2 is 0.921 bits per heavy atom. The molecule has 6 saturated heterocycles. The van der Waals surface area contributed by atoms with Gasteiger partial charge in [0.15, 0.2) is 17.7 Å². The Morgan fingerprint density at radius 1 is 0.551 bits per heavy atom. The maximum Gasteiger partial charge on any atom is 1.00 e. The number of nitrogens with one attached hydrogen (secondary N) is 2. The number of carbonyl (C=O) groups is 12. The number of phenols is 1. The Morgan fingerprint density at radius 3 is 1.15 bits per heavy atom. The molecule has 12 aliphatic rings. The number of nitro groups is 1. The zero-order chi connectivity index (χ0) is 65.2. The maximum absolute atomic E-state index is 11.4. The second-order valence-corrected chi connectivity index (χ2v) is 24.8. The third kappa shape index (κ3) is 17.5. The van der Waals surface area contributed by atoms with Crippen molar-refractivity contribution in [1.82, 2.24) is 35.9 Å². The van der Waals surface area contributed by atoms with Crippen molar-refractivity contribution in [3.63, 3.8) is 0 Å². The number of rotatable bonds is 2. The predicted molar refractivity (Wildman–Crippen MR) is 302 cm³/mol. The fourth-order valence-corrected chi connectivity index (χ4v) is 12.7. The van der Waals surface area contributed by atoms with Crippen LogP contribution in [0.4, 0.5) is 5.69 Å². The molecule has 4 bridgehead atoms. The number of aliphatic hydroxyl groups is 1. The number of nitro benzene ring substituents is 1. The van der Waals surface area contributed by atoms with Crippen LogP contribution in [0.1, 0.15) is 52.8 Å². The van der Waals surface area contributed by atoms with E-state index in [1.54, 1.807) is 35.7 Å². The van der Waals surface area contributed by atoms with Gasteiger partial charge in [0, 0.05) is 49.6 Å². The molecular formula is C51H51N8NaO24S5. The first-order valence-electron chi connectivity index (χ1n) is 25.8. The first-order chi connectivity index (χ1) is 41.4. The topological polar surface area (TPSA) is 487 Å². The van der Waals surface area contributed by atoms with Gasteiger partial charge in [0.05, 0.1) is 46.1 Å². The number of thiocarbonyl (C=S) groups is 2. The number of benzene rings is 2. The van der Waals surface area contributed by atoms with Crippen LogP contribution in [-0.4, -0.2) is 195 Å². The summed E-state index contributed by atoms with van der Waals surface area (Å²) in [5, 5.41) is 76.0. The molecule has 0 spiro atoms. The molecule has 32 nitrogen and oxygen atoms in total. The van der Waals surface area contributed by atoms with E-state index in [1.807, 2.05) is 24.3 Å². The number of phenolic OH excluding ortho intramolecular Hbond substituents is 1. The van der Waals surface area contributed by atoms with Gasteiger partial charge in [-0.1, -0.05) is 84.4 Å². The average Bonchev–Trinajstić information content (AvgIpc) is 1.68. The summed E-state index contributed by atoms with van der Waals surface area (Å²) in [6, 6.07) is 11.3. The van der Waals surface area contributed by atoms with Crippen molar-refractivity contribution < 1.29 is 141 Å². The van der Waals surface area contributed by atoms with E-state index in [0.717, 1.165) is 58.2 Å². The molecule has 10 amide bonds. The van der Waals surface area contributed by atoms with Crippen molar-refractivity contribution in [3.05, 3.63) is 106 Å². The molecule has 7 heterocycles. The van der Waals surface area contributed by atoms with Crippen LogP contribution in [-0.2, 0) is 58.1 Å². The SMILES string of the molecule is O=C1C2C3C=CC(C3)C2C(=O)N1O.O=C1C2C3C=CC(C3)C2C(=O)N1O.O=C1C=CC(=O)C1O.O=C1CC(S(=O)(=O)[O-])C(=O)N1O.O=C1CCC(=O)N1O.O=C1c2ccccc2C(=O)N1O.O=[N+]([O-])c1ccc(O)cc1.S=C1NCCS1.S=C1NCCS1.[Na+]. The van der Waals surface area contributed by atoms with E-state index in [1.165, 1.54) is 36.4 Å². The predicted octanol–water partition coefficient (Wildman–Crippen LogP) is -2.81. The number of imide groups is 5. The van der Waals surface area contributed by atoms with Gasteiger partial charge < -0.3 is 25.4 Å². The third-order valence-corrected chi connectivity index (χ3v) is 18.0. The smallest absolute Gasteiger partial charge is 0.747 e.